The number of quaternary nitrogens is 1. The van der Waals surface area contributed by atoms with Crippen LogP contribution in [0, 0.1) is 0 Å². The van der Waals surface area contributed by atoms with Crippen molar-refractivity contribution >= 4 is 19.7 Å². The van der Waals surface area contributed by atoms with Gasteiger partial charge < -0.3 is 19.4 Å². The van der Waals surface area contributed by atoms with Gasteiger partial charge in [-0.1, -0.05) is 232 Å². The molecule has 396 valence electrons. The maximum atomic E-state index is 13.5. The Morgan fingerprint density at radius 1 is 0.507 bits per heavy atom. The number of nitrogens with zero attached hydrogens (tertiary/aromatic N) is 1. The maximum absolute atomic E-state index is 13.5. The topological polar surface area (TPSA) is 111 Å². The van der Waals surface area contributed by atoms with Crippen molar-refractivity contribution in [1.29, 1.82) is 0 Å². The Kier molecular flexibility index (Phi) is 47.0. The number of carbonyl (C=O) groups is 2. The number of ether oxygens (including phenoxy) is 1. The molecule has 0 rings (SSSR count). The first-order chi connectivity index (χ1) is 32.4. The summed E-state index contributed by atoms with van der Waals surface area (Å²) in [6.07, 6.45) is 54.5. The van der Waals surface area contributed by atoms with Crippen molar-refractivity contribution in [3.8, 4) is 0 Å². The van der Waals surface area contributed by atoms with Crippen LogP contribution in [0.2, 0.25) is 0 Å². The van der Waals surface area contributed by atoms with Gasteiger partial charge in [0.15, 0.2) is 0 Å². The standard InChI is InChI=1S/C57H111N2O7P/c1-7-10-13-16-19-22-25-27-28-29-30-32-34-37-40-43-46-49-56(60)58-54(53-65-67(62,63)64-52-51-59(4,5)6)55(48-45-42-39-36-33-24-21-18-15-12-9-3)66-57(61)50-47-44-41-38-35-31-26-23-20-17-14-11-8-2/h31,35,45,48,54-55H,7-30,32-34,36-44,46-47,49-53H2,1-6H3,(H-,58,60,62,63)/p+1/b35-31-,48-45+. The third-order valence-corrected chi connectivity index (χ3v) is 13.9. The number of carbonyl (C=O) groups excluding carboxylic acids is 2. The van der Waals surface area contributed by atoms with E-state index in [1.54, 1.807) is 0 Å². The van der Waals surface area contributed by atoms with E-state index in [-0.39, 0.29) is 31.5 Å². The van der Waals surface area contributed by atoms with Crippen molar-refractivity contribution < 1.29 is 37.3 Å². The predicted molar refractivity (Wildman–Crippen MR) is 286 cm³/mol. The van der Waals surface area contributed by atoms with Crippen LogP contribution in [-0.4, -0.2) is 74.3 Å². The van der Waals surface area contributed by atoms with Crippen LogP contribution in [0.15, 0.2) is 24.3 Å². The Hall–Kier alpha value is -1.51. The average Bonchev–Trinajstić information content (AvgIpc) is 3.28. The van der Waals surface area contributed by atoms with E-state index in [0.29, 0.717) is 17.4 Å². The highest BCUT2D eigenvalue weighted by Gasteiger charge is 2.30. The third-order valence-electron chi connectivity index (χ3n) is 12.9. The molecule has 9 nitrogen and oxygen atoms in total. The number of likely N-dealkylation sites (N-methyl/N-ethyl adjacent to an activating group) is 1. The van der Waals surface area contributed by atoms with Gasteiger partial charge in [0.1, 0.15) is 19.3 Å². The van der Waals surface area contributed by atoms with Crippen LogP contribution < -0.4 is 5.32 Å². The van der Waals surface area contributed by atoms with Crippen LogP contribution >= 0.6 is 7.82 Å². The minimum atomic E-state index is -4.44. The van der Waals surface area contributed by atoms with E-state index in [1.165, 1.54) is 173 Å². The molecule has 0 aliphatic rings. The molecule has 0 saturated carbocycles. The first-order valence-electron chi connectivity index (χ1n) is 28.7. The molecule has 0 aromatic rings. The van der Waals surface area contributed by atoms with E-state index in [0.717, 1.165) is 70.6 Å². The minimum Gasteiger partial charge on any atom is -0.456 e. The fourth-order valence-electron chi connectivity index (χ4n) is 8.41. The number of esters is 1. The van der Waals surface area contributed by atoms with Gasteiger partial charge in [0, 0.05) is 12.8 Å². The van der Waals surface area contributed by atoms with E-state index in [9.17, 15) is 19.0 Å². The lowest BCUT2D eigenvalue weighted by Gasteiger charge is -2.27. The van der Waals surface area contributed by atoms with Gasteiger partial charge in [-0.3, -0.25) is 18.6 Å². The summed E-state index contributed by atoms with van der Waals surface area (Å²) >= 11 is 0. The molecule has 0 spiro atoms. The van der Waals surface area contributed by atoms with Crippen molar-refractivity contribution in [1.82, 2.24) is 5.32 Å². The maximum Gasteiger partial charge on any atom is 0.472 e. The van der Waals surface area contributed by atoms with Crippen molar-refractivity contribution in [2.45, 2.75) is 290 Å². The molecule has 0 aromatic heterocycles. The van der Waals surface area contributed by atoms with Gasteiger partial charge in [0.25, 0.3) is 0 Å². The number of amides is 1. The summed E-state index contributed by atoms with van der Waals surface area (Å²) in [4.78, 5) is 37.5. The van der Waals surface area contributed by atoms with Gasteiger partial charge in [0.2, 0.25) is 5.91 Å². The molecule has 0 saturated heterocycles. The summed E-state index contributed by atoms with van der Waals surface area (Å²) in [7, 11) is 1.50. The summed E-state index contributed by atoms with van der Waals surface area (Å²) in [5.41, 5.74) is 0. The molecule has 10 heteroatoms. The first kappa shape index (κ1) is 65.5. The van der Waals surface area contributed by atoms with E-state index in [4.69, 9.17) is 13.8 Å². The highest BCUT2D eigenvalue weighted by atomic mass is 31.2. The summed E-state index contributed by atoms with van der Waals surface area (Å²) in [6.45, 7) is 7.01. The number of phosphoric ester groups is 1. The van der Waals surface area contributed by atoms with Gasteiger partial charge in [-0.2, -0.15) is 0 Å². The van der Waals surface area contributed by atoms with Crippen LogP contribution in [-0.2, 0) is 27.9 Å². The van der Waals surface area contributed by atoms with Crippen molar-refractivity contribution in [2.75, 3.05) is 40.9 Å². The van der Waals surface area contributed by atoms with Crippen LogP contribution in [0.25, 0.3) is 0 Å². The van der Waals surface area contributed by atoms with Crippen LogP contribution in [0.4, 0.5) is 0 Å². The van der Waals surface area contributed by atoms with E-state index in [1.807, 2.05) is 33.3 Å². The number of allylic oxidation sites excluding steroid dienone is 3. The van der Waals surface area contributed by atoms with Crippen LogP contribution in [0.1, 0.15) is 278 Å². The Balaban J connectivity index is 5.30. The SMILES string of the molecule is CCCCCCCC/C=C\CCCCCC(=O)OC(/C=C/CCCCCCCCCCC)C(COP(=O)(O)OCC[N+](C)(C)C)NC(=O)CCCCCCCCCCCCCCCCCCC. The molecule has 1 amide bonds. The molecule has 67 heavy (non-hydrogen) atoms. The molecule has 0 heterocycles. The summed E-state index contributed by atoms with van der Waals surface area (Å²) in [5.74, 6) is -0.513. The van der Waals surface area contributed by atoms with Crippen molar-refractivity contribution in [2.24, 2.45) is 0 Å². The fraction of sp³-hybridized carbons (Fsp3) is 0.895. The monoisotopic (exact) mass is 968 g/mol. The molecule has 0 radical (unpaired) electrons. The molecule has 3 atom stereocenters. The minimum absolute atomic E-state index is 0.0413. The number of rotatable bonds is 52. The second kappa shape index (κ2) is 48.1. The van der Waals surface area contributed by atoms with E-state index >= 15 is 0 Å². The lowest BCUT2D eigenvalue weighted by molar-refractivity contribution is -0.870. The molecular weight excluding hydrogens is 856 g/mol. The number of hydrogen-bond donors (Lipinski definition) is 2. The first-order valence-corrected chi connectivity index (χ1v) is 30.2. The highest BCUT2D eigenvalue weighted by Crippen LogP contribution is 2.43. The molecule has 3 unspecified atom stereocenters. The number of phosphoric acid groups is 1. The normalized spacial score (nSPS) is 14.0. The zero-order chi connectivity index (χ0) is 49.4. The Morgan fingerprint density at radius 2 is 0.866 bits per heavy atom. The Morgan fingerprint density at radius 3 is 1.28 bits per heavy atom. The van der Waals surface area contributed by atoms with Gasteiger partial charge in [-0.25, -0.2) is 4.57 Å². The number of nitrogens with one attached hydrogen (secondary N) is 1. The van der Waals surface area contributed by atoms with Crippen molar-refractivity contribution in [3.63, 3.8) is 0 Å². The molecule has 2 N–H and O–H groups in total. The van der Waals surface area contributed by atoms with E-state index < -0.39 is 20.0 Å². The largest absolute Gasteiger partial charge is 0.472 e. The average molecular weight is 969 g/mol. The zero-order valence-electron chi connectivity index (χ0n) is 45.2. The zero-order valence-corrected chi connectivity index (χ0v) is 46.1. The second-order valence-electron chi connectivity index (χ2n) is 20.8. The van der Waals surface area contributed by atoms with Gasteiger partial charge in [0.05, 0.1) is 33.8 Å². The quantitative estimate of drug-likeness (QED) is 0.0205. The number of hydrogen-bond acceptors (Lipinski definition) is 6. The smallest absolute Gasteiger partial charge is 0.456 e. The number of unbranched alkanes of at least 4 members (excludes halogenated alkanes) is 34. The third kappa shape index (κ3) is 49.3. The van der Waals surface area contributed by atoms with Crippen LogP contribution in [0.3, 0.4) is 0 Å². The van der Waals surface area contributed by atoms with Gasteiger partial charge in [-0.05, 0) is 57.4 Å². The fourth-order valence-corrected chi connectivity index (χ4v) is 9.14. The predicted octanol–water partition coefficient (Wildman–Crippen LogP) is 17.0. The highest BCUT2D eigenvalue weighted by molar-refractivity contribution is 7.47. The van der Waals surface area contributed by atoms with E-state index in [2.05, 4.69) is 38.2 Å². The molecular formula is C57H112N2O7P+. The van der Waals surface area contributed by atoms with Crippen LogP contribution in [0.5, 0.6) is 0 Å². The Bertz CT molecular complexity index is 1210. The molecule has 0 aromatic carbocycles. The molecule has 0 bridgehead atoms. The summed E-state index contributed by atoms with van der Waals surface area (Å²) in [5, 5.41) is 3.05. The Labute approximate surface area is 415 Å². The van der Waals surface area contributed by atoms with Gasteiger partial charge >= 0.3 is 13.8 Å². The van der Waals surface area contributed by atoms with Gasteiger partial charge in [-0.15, -0.1) is 0 Å². The molecule has 0 aliphatic carbocycles. The van der Waals surface area contributed by atoms with Crippen molar-refractivity contribution in [3.05, 3.63) is 24.3 Å². The second-order valence-corrected chi connectivity index (χ2v) is 22.3. The molecule has 0 fully saturated rings. The lowest BCUT2D eigenvalue weighted by atomic mass is 10.0. The summed E-state index contributed by atoms with van der Waals surface area (Å²) in [6, 6.07) is -0.846. The summed E-state index contributed by atoms with van der Waals surface area (Å²) < 4.78 is 30.6. The molecule has 0 aliphatic heterocycles. The lowest BCUT2D eigenvalue weighted by Crippen LogP contribution is -2.47.